The molecule has 1 N–H and O–H groups in total. The first-order valence-electron chi connectivity index (χ1n) is 9.34. The summed E-state index contributed by atoms with van der Waals surface area (Å²) < 4.78 is 56.1. The largest absolute Gasteiger partial charge is 0.505 e. The molecule has 5 nitrogen and oxygen atoms in total. The highest BCUT2D eigenvalue weighted by molar-refractivity contribution is 7.90. The van der Waals surface area contributed by atoms with Crippen LogP contribution in [0.5, 0.6) is 5.75 Å². The molecular formula is C23H14F2N2O3S. The van der Waals surface area contributed by atoms with Gasteiger partial charge in [0.1, 0.15) is 23.0 Å². The maximum atomic E-state index is 14.0. The van der Waals surface area contributed by atoms with Crippen molar-refractivity contribution in [2.75, 3.05) is 0 Å². The van der Waals surface area contributed by atoms with Gasteiger partial charge >= 0.3 is 0 Å². The summed E-state index contributed by atoms with van der Waals surface area (Å²) >= 11 is 0. The number of rotatable bonds is 3. The molecule has 0 unspecified atom stereocenters. The Hall–Kier alpha value is -3.65. The molecule has 0 fully saturated rings. The molecule has 0 saturated heterocycles. The molecular weight excluding hydrogens is 422 g/mol. The lowest BCUT2D eigenvalue weighted by Gasteiger charge is -2.13. The maximum Gasteiger partial charge on any atom is 0.283 e. The van der Waals surface area contributed by atoms with Crippen LogP contribution in [-0.2, 0) is 16.4 Å². The van der Waals surface area contributed by atoms with Gasteiger partial charge in [0.05, 0.1) is 10.6 Å². The standard InChI is InChI=1S/C23H14F2N2O3S/c24-14-7-5-13(6-8-14)11-19-16-10-9-15(25)12-18(16)23(28)22(26-19)21-17-3-1-2-4-20(17)31(29,30)27-21/h1-10,12,28H,11H2. The molecule has 1 aromatic heterocycles. The second-order valence-corrected chi connectivity index (χ2v) is 8.73. The van der Waals surface area contributed by atoms with Crippen molar-refractivity contribution >= 4 is 26.5 Å². The van der Waals surface area contributed by atoms with Gasteiger partial charge in [-0.1, -0.05) is 30.3 Å². The number of pyridine rings is 1. The van der Waals surface area contributed by atoms with Gasteiger partial charge in [-0.3, -0.25) is 0 Å². The zero-order chi connectivity index (χ0) is 21.8. The maximum absolute atomic E-state index is 14.0. The zero-order valence-corrected chi connectivity index (χ0v) is 16.7. The zero-order valence-electron chi connectivity index (χ0n) is 15.9. The first-order valence-corrected chi connectivity index (χ1v) is 10.8. The number of fused-ring (bicyclic) bond motifs is 2. The van der Waals surface area contributed by atoms with Crippen molar-refractivity contribution in [1.29, 1.82) is 0 Å². The molecule has 154 valence electrons. The van der Waals surface area contributed by atoms with Crippen LogP contribution in [0.1, 0.15) is 22.5 Å². The number of halogens is 2. The number of nitrogens with zero attached hydrogens (tertiary/aromatic N) is 2. The van der Waals surface area contributed by atoms with Crippen molar-refractivity contribution in [1.82, 2.24) is 4.98 Å². The second-order valence-electron chi connectivity index (χ2n) is 7.16. The summed E-state index contributed by atoms with van der Waals surface area (Å²) in [6, 6.07) is 16.0. The topological polar surface area (TPSA) is 79.6 Å². The minimum atomic E-state index is -3.94. The fourth-order valence-corrected chi connectivity index (χ4v) is 4.93. The van der Waals surface area contributed by atoms with E-state index in [0.29, 0.717) is 16.6 Å². The molecule has 0 bridgehead atoms. The van der Waals surface area contributed by atoms with Crippen LogP contribution in [0.15, 0.2) is 76.0 Å². The van der Waals surface area contributed by atoms with Gasteiger partial charge in [0.2, 0.25) is 0 Å². The molecule has 1 aliphatic rings. The summed E-state index contributed by atoms with van der Waals surface area (Å²) in [6.45, 7) is 0. The van der Waals surface area contributed by atoms with Gasteiger partial charge in [0.15, 0.2) is 5.75 Å². The number of aromatic nitrogens is 1. The van der Waals surface area contributed by atoms with Gasteiger partial charge < -0.3 is 5.11 Å². The molecule has 0 radical (unpaired) electrons. The Labute approximate surface area is 176 Å². The predicted octanol–water partition coefficient (Wildman–Crippen LogP) is 4.35. The molecule has 4 aromatic rings. The third kappa shape index (κ3) is 3.25. The van der Waals surface area contributed by atoms with Crippen molar-refractivity contribution in [3.05, 3.63) is 101 Å². The van der Waals surface area contributed by atoms with E-state index in [2.05, 4.69) is 9.38 Å². The van der Waals surface area contributed by atoms with Gasteiger partial charge in [-0.2, -0.15) is 12.8 Å². The molecule has 0 saturated carbocycles. The van der Waals surface area contributed by atoms with Crippen molar-refractivity contribution in [2.24, 2.45) is 4.40 Å². The highest BCUT2D eigenvalue weighted by Crippen LogP contribution is 2.36. The first-order chi connectivity index (χ1) is 14.8. The average molecular weight is 436 g/mol. The normalized spacial score (nSPS) is 14.5. The van der Waals surface area contributed by atoms with Gasteiger partial charge in [-0.25, -0.2) is 13.8 Å². The fraction of sp³-hybridized carbons (Fsp3) is 0.0435. The molecule has 0 atom stereocenters. The van der Waals surface area contributed by atoms with Crippen LogP contribution in [0.4, 0.5) is 8.78 Å². The van der Waals surface area contributed by atoms with E-state index in [1.807, 2.05) is 0 Å². The van der Waals surface area contributed by atoms with Crippen molar-refractivity contribution in [3.63, 3.8) is 0 Å². The Kier molecular flexibility index (Phi) is 4.33. The summed E-state index contributed by atoms with van der Waals surface area (Å²) in [5.41, 5.74) is 1.48. The summed E-state index contributed by atoms with van der Waals surface area (Å²) in [5.74, 6) is -1.30. The van der Waals surface area contributed by atoms with Gasteiger partial charge in [-0.15, -0.1) is 0 Å². The molecule has 8 heteroatoms. The van der Waals surface area contributed by atoms with E-state index in [1.165, 1.54) is 36.4 Å². The molecule has 0 amide bonds. The predicted molar refractivity (Wildman–Crippen MR) is 112 cm³/mol. The summed E-state index contributed by atoms with van der Waals surface area (Å²) in [4.78, 5) is 4.55. The van der Waals surface area contributed by atoms with E-state index in [1.54, 1.807) is 30.3 Å². The van der Waals surface area contributed by atoms with Crippen molar-refractivity contribution in [2.45, 2.75) is 11.3 Å². The number of sulfonamides is 1. The van der Waals surface area contributed by atoms with Crippen LogP contribution in [0.3, 0.4) is 0 Å². The Morgan fingerprint density at radius 2 is 1.58 bits per heavy atom. The van der Waals surface area contributed by atoms with Gasteiger partial charge in [0.25, 0.3) is 10.0 Å². The highest BCUT2D eigenvalue weighted by atomic mass is 32.2. The Morgan fingerprint density at radius 3 is 2.35 bits per heavy atom. The third-order valence-electron chi connectivity index (χ3n) is 5.16. The molecule has 31 heavy (non-hydrogen) atoms. The SMILES string of the molecule is O=S1(=O)N=C(c2nc(Cc3ccc(F)cc3)c3ccc(F)cc3c2O)c2ccccc21. The van der Waals surface area contributed by atoms with Crippen LogP contribution < -0.4 is 0 Å². The van der Waals surface area contributed by atoms with E-state index in [0.717, 1.165) is 5.56 Å². The van der Waals surface area contributed by atoms with Gasteiger partial charge in [0, 0.05) is 22.8 Å². The van der Waals surface area contributed by atoms with Crippen molar-refractivity contribution < 1.29 is 22.3 Å². The summed E-state index contributed by atoms with van der Waals surface area (Å²) in [6.07, 6.45) is 0.261. The molecule has 1 aliphatic heterocycles. The number of benzene rings is 3. The molecule has 2 heterocycles. The van der Waals surface area contributed by atoms with Crippen LogP contribution in [0.2, 0.25) is 0 Å². The lowest BCUT2D eigenvalue weighted by molar-refractivity contribution is 0.477. The number of hydrogen-bond acceptors (Lipinski definition) is 4. The Bertz CT molecular complexity index is 1500. The number of aromatic hydroxyl groups is 1. The lowest BCUT2D eigenvalue weighted by atomic mass is 9.99. The quantitative estimate of drug-likeness (QED) is 0.518. The van der Waals surface area contributed by atoms with Crippen LogP contribution in [-0.4, -0.2) is 24.2 Å². The summed E-state index contributed by atoms with van der Waals surface area (Å²) in [5, 5.41) is 11.6. The molecule has 3 aromatic carbocycles. The minimum Gasteiger partial charge on any atom is -0.505 e. The van der Waals surface area contributed by atoms with Crippen LogP contribution in [0, 0.1) is 11.6 Å². The first kappa shape index (κ1) is 19.3. The highest BCUT2D eigenvalue weighted by Gasteiger charge is 2.32. The van der Waals surface area contributed by atoms with Crippen molar-refractivity contribution in [3.8, 4) is 5.75 Å². The second kappa shape index (κ2) is 6.95. The molecule has 5 rings (SSSR count). The van der Waals surface area contributed by atoms with E-state index in [9.17, 15) is 22.3 Å². The fourth-order valence-electron chi connectivity index (χ4n) is 3.71. The Balaban J connectivity index is 1.76. The van der Waals surface area contributed by atoms with Crippen LogP contribution >= 0.6 is 0 Å². The lowest BCUT2D eigenvalue weighted by Crippen LogP contribution is -2.08. The third-order valence-corrected chi connectivity index (χ3v) is 6.49. The van der Waals surface area contributed by atoms with E-state index >= 15 is 0 Å². The van der Waals surface area contributed by atoms with Gasteiger partial charge in [-0.05, 0) is 42.0 Å². The van der Waals surface area contributed by atoms with E-state index in [4.69, 9.17) is 0 Å². The summed E-state index contributed by atoms with van der Waals surface area (Å²) in [7, 11) is -3.94. The molecule has 0 aliphatic carbocycles. The molecule has 0 spiro atoms. The van der Waals surface area contributed by atoms with E-state index in [-0.39, 0.29) is 39.7 Å². The Morgan fingerprint density at radius 1 is 0.871 bits per heavy atom. The van der Waals surface area contributed by atoms with E-state index < -0.39 is 15.8 Å². The van der Waals surface area contributed by atoms with Crippen LogP contribution in [0.25, 0.3) is 10.8 Å². The average Bonchev–Trinajstić information content (AvgIpc) is 3.03. The minimum absolute atomic E-state index is 0.000354. The number of hydrogen-bond donors (Lipinski definition) is 1. The monoisotopic (exact) mass is 436 g/mol. The smallest absolute Gasteiger partial charge is 0.283 e.